The molecule has 2 aromatic rings. The number of rotatable bonds is 2. The Labute approximate surface area is 158 Å². The monoisotopic (exact) mass is 365 g/mol. The van der Waals surface area contributed by atoms with E-state index >= 15 is 0 Å². The second kappa shape index (κ2) is 7.34. The van der Waals surface area contributed by atoms with Gasteiger partial charge >= 0.3 is 12.0 Å². The first-order valence-electron chi connectivity index (χ1n) is 9.48. The molecule has 3 N–H and O–H groups in total. The number of aryl methyl sites for hydroxylation is 2. The molecule has 2 heterocycles. The fourth-order valence-electron chi connectivity index (χ4n) is 3.94. The zero-order valence-corrected chi connectivity index (χ0v) is 15.7. The van der Waals surface area contributed by atoms with Gasteiger partial charge in [-0.1, -0.05) is 18.2 Å². The Kier molecular flexibility index (Phi) is 4.75. The molecule has 7 heteroatoms. The van der Waals surface area contributed by atoms with E-state index < -0.39 is 0 Å². The molecule has 7 nitrogen and oxygen atoms in total. The second-order valence-electron chi connectivity index (χ2n) is 7.22. The summed E-state index contributed by atoms with van der Waals surface area (Å²) in [7, 11) is 0. The summed E-state index contributed by atoms with van der Waals surface area (Å²) in [4.78, 5) is 27.3. The summed E-state index contributed by atoms with van der Waals surface area (Å²) in [5, 5.41) is 6.24. The van der Waals surface area contributed by atoms with Gasteiger partial charge < -0.3 is 0 Å². The molecule has 2 aliphatic rings. The number of carbonyl (C=O) groups excluding carboxylic acids is 1. The van der Waals surface area contributed by atoms with Gasteiger partial charge in [-0.15, -0.1) is 0 Å². The third kappa shape index (κ3) is 3.77. The molecule has 0 bridgehead atoms. The molecule has 1 aromatic carbocycles. The topological polar surface area (TPSA) is 84.1 Å². The van der Waals surface area contributed by atoms with Gasteiger partial charge in [-0.25, -0.2) is 20.1 Å². The number of nitrogens with zero attached hydrogens (tertiary/aromatic N) is 3. The average Bonchev–Trinajstić information content (AvgIpc) is 2.99. The lowest BCUT2D eigenvalue weighted by molar-refractivity contribution is -0.498. The lowest BCUT2D eigenvalue weighted by atomic mass is 9.91. The average molecular weight is 365 g/mol. The van der Waals surface area contributed by atoms with Crippen molar-refractivity contribution in [2.45, 2.75) is 51.6 Å². The number of nitrogens with one attached hydrogen (secondary N) is 3. The van der Waals surface area contributed by atoms with Crippen molar-refractivity contribution in [2.24, 2.45) is 0 Å². The first kappa shape index (κ1) is 17.5. The third-order valence-electron chi connectivity index (χ3n) is 5.08. The largest absolute Gasteiger partial charge is 0.386 e. The summed E-state index contributed by atoms with van der Waals surface area (Å²) in [6.07, 6.45) is 4.35. The summed E-state index contributed by atoms with van der Waals surface area (Å²) < 4.78 is 0. The molecular formula is C20H25N6O+. The maximum absolute atomic E-state index is 13.1. The lowest BCUT2D eigenvalue weighted by Gasteiger charge is -2.26. The number of hydrogen-bond donors (Lipinski definition) is 3. The van der Waals surface area contributed by atoms with Crippen LogP contribution in [0, 0.1) is 13.8 Å². The molecule has 4 rings (SSSR count). The van der Waals surface area contributed by atoms with Gasteiger partial charge in [0.25, 0.3) is 5.95 Å². The van der Waals surface area contributed by atoms with E-state index in [1.165, 1.54) is 6.42 Å². The van der Waals surface area contributed by atoms with E-state index in [1.54, 1.807) is 4.90 Å². The molecule has 140 valence electrons. The van der Waals surface area contributed by atoms with Crippen molar-refractivity contribution in [3.05, 3.63) is 47.8 Å². The van der Waals surface area contributed by atoms with Gasteiger partial charge in [-0.05, 0) is 57.7 Å². The SMILES string of the molecule is Cc1cc(C)nc(NC2=[NH+][C@@H]3CCCC[C@H]3N2C(=O)Nc2ccccc2)n1. The summed E-state index contributed by atoms with van der Waals surface area (Å²) in [5.41, 5.74) is 2.56. The van der Waals surface area contributed by atoms with Gasteiger partial charge in [0, 0.05) is 17.1 Å². The zero-order valence-electron chi connectivity index (χ0n) is 15.7. The number of fused-ring (bicyclic) bond motifs is 1. The Hall–Kier alpha value is -2.96. The Morgan fingerprint density at radius 2 is 1.81 bits per heavy atom. The maximum atomic E-state index is 13.1. The molecule has 2 atom stereocenters. The van der Waals surface area contributed by atoms with Crippen LogP contribution in [0.2, 0.25) is 0 Å². The van der Waals surface area contributed by atoms with Crippen molar-refractivity contribution in [1.29, 1.82) is 0 Å². The van der Waals surface area contributed by atoms with Crippen molar-refractivity contribution in [3.63, 3.8) is 0 Å². The number of amides is 2. The molecule has 0 spiro atoms. The highest BCUT2D eigenvalue weighted by Gasteiger charge is 2.47. The first-order valence-corrected chi connectivity index (χ1v) is 9.48. The quantitative estimate of drug-likeness (QED) is 0.758. The van der Waals surface area contributed by atoms with Crippen LogP contribution in [-0.4, -0.2) is 38.9 Å². The Morgan fingerprint density at radius 3 is 2.56 bits per heavy atom. The fourth-order valence-corrected chi connectivity index (χ4v) is 3.94. The normalized spacial score (nSPS) is 21.4. The molecule has 1 aliphatic carbocycles. The molecular weight excluding hydrogens is 340 g/mol. The highest BCUT2D eigenvalue weighted by atomic mass is 16.2. The van der Waals surface area contributed by atoms with Crippen LogP contribution in [0.3, 0.4) is 0 Å². The van der Waals surface area contributed by atoms with Crippen LogP contribution >= 0.6 is 0 Å². The molecule has 27 heavy (non-hydrogen) atoms. The zero-order chi connectivity index (χ0) is 18.8. The van der Waals surface area contributed by atoms with Crippen molar-refractivity contribution in [1.82, 2.24) is 14.9 Å². The molecule has 1 aromatic heterocycles. The number of urea groups is 1. The molecule has 1 aliphatic heterocycles. The van der Waals surface area contributed by atoms with E-state index in [2.05, 4.69) is 25.6 Å². The number of para-hydroxylation sites is 1. The summed E-state index contributed by atoms with van der Waals surface area (Å²) in [6.45, 7) is 3.87. The lowest BCUT2D eigenvalue weighted by Crippen LogP contribution is -2.79. The predicted octanol–water partition coefficient (Wildman–Crippen LogP) is 1.80. The van der Waals surface area contributed by atoms with Crippen LogP contribution in [0.5, 0.6) is 0 Å². The van der Waals surface area contributed by atoms with E-state index in [1.807, 2.05) is 50.2 Å². The van der Waals surface area contributed by atoms with Gasteiger partial charge in [-0.2, -0.15) is 4.90 Å². The van der Waals surface area contributed by atoms with Crippen molar-refractivity contribution >= 4 is 23.6 Å². The summed E-state index contributed by atoms with van der Waals surface area (Å²) in [6, 6.07) is 11.7. The maximum Gasteiger partial charge on any atom is 0.386 e. The smallest absolute Gasteiger partial charge is 0.294 e. The van der Waals surface area contributed by atoms with Crippen molar-refractivity contribution < 1.29 is 9.79 Å². The molecule has 0 radical (unpaired) electrons. The minimum absolute atomic E-state index is 0.135. The molecule has 0 saturated heterocycles. The van der Waals surface area contributed by atoms with Crippen LogP contribution in [0.25, 0.3) is 0 Å². The minimum atomic E-state index is -0.144. The Morgan fingerprint density at radius 1 is 1.11 bits per heavy atom. The van der Waals surface area contributed by atoms with Gasteiger partial charge in [-0.3, -0.25) is 10.3 Å². The van der Waals surface area contributed by atoms with E-state index in [9.17, 15) is 4.79 Å². The fraction of sp³-hybridized carbons (Fsp3) is 0.400. The van der Waals surface area contributed by atoms with Crippen LogP contribution in [0.4, 0.5) is 16.4 Å². The number of guanidine groups is 1. The highest BCUT2D eigenvalue weighted by molar-refractivity contribution is 6.05. The van der Waals surface area contributed by atoms with E-state index in [4.69, 9.17) is 0 Å². The number of benzene rings is 1. The van der Waals surface area contributed by atoms with Crippen LogP contribution in [0.15, 0.2) is 36.4 Å². The van der Waals surface area contributed by atoms with E-state index in [-0.39, 0.29) is 18.1 Å². The first-order chi connectivity index (χ1) is 13.1. The minimum Gasteiger partial charge on any atom is -0.294 e. The van der Waals surface area contributed by atoms with E-state index in [0.29, 0.717) is 11.9 Å². The Bertz CT molecular complexity index is 846. The van der Waals surface area contributed by atoms with Crippen LogP contribution < -0.4 is 15.6 Å². The van der Waals surface area contributed by atoms with Gasteiger partial charge in [0.1, 0.15) is 12.1 Å². The van der Waals surface area contributed by atoms with Crippen molar-refractivity contribution in [3.8, 4) is 0 Å². The second-order valence-corrected chi connectivity index (χ2v) is 7.22. The standard InChI is InChI=1S/C20H24N6O/c1-13-12-14(2)22-18(21-13)25-19-24-16-10-6-7-11-17(16)26(19)20(27)23-15-8-4-3-5-9-15/h3-5,8-9,12,16-17H,6-7,10-11H2,1-2H3,(H,23,27)(H,21,22,24,25)/p+1/t16-,17-/m1/s1. The summed E-state index contributed by atoms with van der Waals surface area (Å²) >= 11 is 0. The van der Waals surface area contributed by atoms with Gasteiger partial charge in [0.15, 0.2) is 0 Å². The van der Waals surface area contributed by atoms with Gasteiger partial charge in [0.05, 0.1) is 0 Å². The summed E-state index contributed by atoms with van der Waals surface area (Å²) in [5.74, 6) is 1.16. The molecule has 0 unspecified atom stereocenters. The number of carbonyl (C=O) groups is 1. The predicted molar refractivity (Wildman–Crippen MR) is 104 cm³/mol. The van der Waals surface area contributed by atoms with E-state index in [0.717, 1.165) is 36.3 Å². The molecule has 2 amide bonds. The number of aromatic nitrogens is 2. The van der Waals surface area contributed by atoms with Gasteiger partial charge in [0.2, 0.25) is 0 Å². The highest BCUT2D eigenvalue weighted by Crippen LogP contribution is 2.24. The molecule has 1 fully saturated rings. The number of hydrogen-bond acceptors (Lipinski definition) is 4. The van der Waals surface area contributed by atoms with Crippen molar-refractivity contribution in [2.75, 3.05) is 10.6 Å². The van der Waals surface area contributed by atoms with Crippen LogP contribution in [-0.2, 0) is 0 Å². The molecule has 1 saturated carbocycles. The number of anilines is 2. The Balaban J connectivity index is 1.59. The third-order valence-corrected chi connectivity index (χ3v) is 5.08. The van der Waals surface area contributed by atoms with Crippen LogP contribution in [0.1, 0.15) is 37.1 Å².